The zero-order valence-electron chi connectivity index (χ0n) is 8.84. The fourth-order valence-corrected chi connectivity index (χ4v) is 1.41. The number of amides is 1. The van der Waals surface area contributed by atoms with Crippen LogP contribution >= 0.6 is 0 Å². The summed E-state index contributed by atoms with van der Waals surface area (Å²) in [5.41, 5.74) is 2.02. The highest BCUT2D eigenvalue weighted by atomic mass is 16.1. The molecule has 0 aromatic carbocycles. The van der Waals surface area contributed by atoms with Gasteiger partial charge in [0.15, 0.2) is 0 Å². The van der Waals surface area contributed by atoms with Crippen LogP contribution in [0.3, 0.4) is 0 Å². The predicted molar refractivity (Wildman–Crippen MR) is 58.9 cm³/mol. The monoisotopic (exact) mass is 191 g/mol. The SMILES string of the molecule is C/C=C/CNC(=O)C1=C(C)CCC=C1. The highest BCUT2D eigenvalue weighted by Crippen LogP contribution is 2.17. The Hall–Kier alpha value is -1.31. The Bertz CT molecular complexity index is 297. The predicted octanol–water partition coefficient (Wildman–Crippen LogP) is 2.35. The molecular formula is C12H17NO. The van der Waals surface area contributed by atoms with Crippen molar-refractivity contribution in [3.63, 3.8) is 0 Å². The van der Waals surface area contributed by atoms with Crippen LogP contribution in [0, 0.1) is 0 Å². The number of rotatable bonds is 3. The molecular weight excluding hydrogens is 174 g/mol. The molecule has 1 aliphatic carbocycles. The number of carbonyl (C=O) groups excluding carboxylic acids is 1. The molecule has 0 heterocycles. The lowest BCUT2D eigenvalue weighted by molar-refractivity contribution is -0.117. The standard InChI is InChI=1S/C12H17NO/c1-3-4-9-13-12(14)11-8-6-5-7-10(11)2/h3-4,6,8H,5,7,9H2,1-2H3,(H,13,14)/b4-3+. The van der Waals surface area contributed by atoms with Crippen molar-refractivity contribution < 1.29 is 4.79 Å². The third kappa shape index (κ3) is 2.87. The minimum absolute atomic E-state index is 0.0385. The fourth-order valence-electron chi connectivity index (χ4n) is 1.41. The highest BCUT2D eigenvalue weighted by Gasteiger charge is 2.10. The van der Waals surface area contributed by atoms with Crippen molar-refractivity contribution in [3.8, 4) is 0 Å². The summed E-state index contributed by atoms with van der Waals surface area (Å²) in [7, 11) is 0. The van der Waals surface area contributed by atoms with E-state index in [9.17, 15) is 4.79 Å². The zero-order valence-corrected chi connectivity index (χ0v) is 8.84. The van der Waals surface area contributed by atoms with E-state index in [1.54, 1.807) is 0 Å². The molecule has 0 saturated heterocycles. The highest BCUT2D eigenvalue weighted by molar-refractivity contribution is 5.97. The first kappa shape index (κ1) is 10.8. The van der Waals surface area contributed by atoms with E-state index in [1.807, 2.05) is 32.1 Å². The summed E-state index contributed by atoms with van der Waals surface area (Å²) in [5.74, 6) is 0.0385. The van der Waals surface area contributed by atoms with Gasteiger partial charge in [-0.25, -0.2) is 0 Å². The third-order valence-electron chi connectivity index (χ3n) is 2.29. The molecule has 0 spiro atoms. The second-order valence-electron chi connectivity index (χ2n) is 3.41. The summed E-state index contributed by atoms with van der Waals surface area (Å²) in [6, 6.07) is 0. The van der Waals surface area contributed by atoms with Crippen molar-refractivity contribution in [3.05, 3.63) is 35.5 Å². The van der Waals surface area contributed by atoms with Crippen molar-refractivity contribution in [2.24, 2.45) is 0 Å². The molecule has 0 aliphatic heterocycles. The molecule has 0 saturated carbocycles. The van der Waals surface area contributed by atoms with Crippen LogP contribution in [0.1, 0.15) is 26.7 Å². The minimum atomic E-state index is 0.0385. The average molecular weight is 191 g/mol. The molecule has 2 nitrogen and oxygen atoms in total. The van der Waals surface area contributed by atoms with Gasteiger partial charge in [0.1, 0.15) is 0 Å². The van der Waals surface area contributed by atoms with Crippen LogP contribution in [0.25, 0.3) is 0 Å². The third-order valence-corrected chi connectivity index (χ3v) is 2.29. The van der Waals surface area contributed by atoms with Gasteiger partial charge in [-0.15, -0.1) is 0 Å². The zero-order chi connectivity index (χ0) is 10.4. The smallest absolute Gasteiger partial charge is 0.251 e. The first-order valence-corrected chi connectivity index (χ1v) is 5.01. The first-order valence-electron chi connectivity index (χ1n) is 5.01. The number of carbonyl (C=O) groups is 1. The Labute approximate surface area is 85.4 Å². The summed E-state index contributed by atoms with van der Waals surface area (Å²) in [6.45, 7) is 4.57. The maximum atomic E-state index is 11.6. The van der Waals surface area contributed by atoms with E-state index in [4.69, 9.17) is 0 Å². The second-order valence-corrected chi connectivity index (χ2v) is 3.41. The normalized spacial score (nSPS) is 16.4. The maximum Gasteiger partial charge on any atom is 0.251 e. The average Bonchev–Trinajstić information content (AvgIpc) is 2.18. The molecule has 0 aromatic heterocycles. The topological polar surface area (TPSA) is 29.1 Å². The van der Waals surface area contributed by atoms with Gasteiger partial charge in [-0.2, -0.15) is 0 Å². The minimum Gasteiger partial charge on any atom is -0.349 e. The van der Waals surface area contributed by atoms with Crippen LogP contribution in [0.4, 0.5) is 0 Å². The van der Waals surface area contributed by atoms with Crippen molar-refractivity contribution in [2.45, 2.75) is 26.7 Å². The van der Waals surface area contributed by atoms with Crippen LogP contribution in [0.2, 0.25) is 0 Å². The van der Waals surface area contributed by atoms with Gasteiger partial charge >= 0.3 is 0 Å². The molecule has 0 radical (unpaired) electrons. The van der Waals surface area contributed by atoms with Crippen molar-refractivity contribution in [1.29, 1.82) is 0 Å². The number of nitrogens with one attached hydrogen (secondary N) is 1. The molecule has 0 aromatic rings. The van der Waals surface area contributed by atoms with E-state index in [-0.39, 0.29) is 5.91 Å². The summed E-state index contributed by atoms with van der Waals surface area (Å²) >= 11 is 0. The molecule has 0 fully saturated rings. The van der Waals surface area contributed by atoms with Gasteiger partial charge in [0, 0.05) is 12.1 Å². The molecule has 2 heteroatoms. The van der Waals surface area contributed by atoms with Gasteiger partial charge in [-0.05, 0) is 26.7 Å². The van der Waals surface area contributed by atoms with Crippen molar-refractivity contribution in [1.82, 2.24) is 5.32 Å². The Morgan fingerprint density at radius 1 is 1.64 bits per heavy atom. The van der Waals surface area contributed by atoms with E-state index >= 15 is 0 Å². The van der Waals surface area contributed by atoms with Crippen LogP contribution in [0.5, 0.6) is 0 Å². The lowest BCUT2D eigenvalue weighted by atomic mass is 9.98. The Morgan fingerprint density at radius 2 is 2.43 bits per heavy atom. The fraction of sp³-hybridized carbons (Fsp3) is 0.417. The van der Waals surface area contributed by atoms with Crippen LogP contribution in [-0.2, 0) is 4.79 Å². The molecule has 1 rings (SSSR count). The van der Waals surface area contributed by atoms with Crippen LogP contribution < -0.4 is 5.32 Å². The molecule has 1 N–H and O–H groups in total. The van der Waals surface area contributed by atoms with E-state index in [2.05, 4.69) is 11.4 Å². The lowest BCUT2D eigenvalue weighted by Crippen LogP contribution is -2.25. The van der Waals surface area contributed by atoms with E-state index < -0.39 is 0 Å². The van der Waals surface area contributed by atoms with Gasteiger partial charge < -0.3 is 5.32 Å². The van der Waals surface area contributed by atoms with Crippen LogP contribution in [-0.4, -0.2) is 12.5 Å². The lowest BCUT2D eigenvalue weighted by Gasteiger charge is -2.11. The number of hydrogen-bond acceptors (Lipinski definition) is 1. The van der Waals surface area contributed by atoms with Gasteiger partial charge in [-0.3, -0.25) is 4.79 Å². The molecule has 76 valence electrons. The summed E-state index contributed by atoms with van der Waals surface area (Å²) in [5, 5.41) is 2.85. The Kier molecular flexibility index (Phi) is 4.17. The van der Waals surface area contributed by atoms with E-state index in [0.717, 1.165) is 18.4 Å². The van der Waals surface area contributed by atoms with Crippen LogP contribution in [0.15, 0.2) is 35.5 Å². The summed E-state index contributed by atoms with van der Waals surface area (Å²) in [6.07, 6.45) is 9.89. The van der Waals surface area contributed by atoms with Gasteiger partial charge in [0.05, 0.1) is 0 Å². The number of hydrogen-bond donors (Lipinski definition) is 1. The second kappa shape index (κ2) is 5.43. The van der Waals surface area contributed by atoms with E-state index in [1.165, 1.54) is 5.57 Å². The van der Waals surface area contributed by atoms with E-state index in [0.29, 0.717) is 6.54 Å². The molecule has 0 bridgehead atoms. The molecule has 0 unspecified atom stereocenters. The van der Waals surface area contributed by atoms with Crippen molar-refractivity contribution in [2.75, 3.05) is 6.54 Å². The largest absolute Gasteiger partial charge is 0.349 e. The maximum absolute atomic E-state index is 11.6. The first-order chi connectivity index (χ1) is 6.75. The van der Waals surface area contributed by atoms with Gasteiger partial charge in [0.2, 0.25) is 0 Å². The quantitative estimate of drug-likeness (QED) is 0.682. The van der Waals surface area contributed by atoms with Crippen molar-refractivity contribution >= 4 is 5.91 Å². The number of allylic oxidation sites excluding steroid dienone is 3. The molecule has 1 amide bonds. The Balaban J connectivity index is 2.55. The molecule has 1 aliphatic rings. The van der Waals surface area contributed by atoms with Gasteiger partial charge in [0.25, 0.3) is 5.91 Å². The molecule has 0 atom stereocenters. The summed E-state index contributed by atoms with van der Waals surface area (Å²) in [4.78, 5) is 11.6. The summed E-state index contributed by atoms with van der Waals surface area (Å²) < 4.78 is 0. The Morgan fingerprint density at radius 3 is 3.07 bits per heavy atom. The molecule has 14 heavy (non-hydrogen) atoms. The van der Waals surface area contributed by atoms with Gasteiger partial charge in [-0.1, -0.05) is 29.9 Å².